The number of nitro benzene ring substituents is 1. The minimum atomic E-state index is -0.396. The van der Waals surface area contributed by atoms with Gasteiger partial charge in [0.05, 0.1) is 16.4 Å². The van der Waals surface area contributed by atoms with Gasteiger partial charge in [0, 0.05) is 18.2 Å². The number of nitrogens with one attached hydrogen (secondary N) is 1. The molecule has 0 aliphatic carbocycles. The van der Waals surface area contributed by atoms with Crippen LogP contribution in [0.2, 0.25) is 0 Å². The number of hydrogen-bond acceptors (Lipinski definition) is 4. The molecule has 0 aromatic heterocycles. The minimum absolute atomic E-state index is 0.0821. The first-order chi connectivity index (χ1) is 8.21. The van der Waals surface area contributed by atoms with Crippen LogP contribution in [0.5, 0.6) is 5.75 Å². The lowest BCUT2D eigenvalue weighted by atomic mass is 9.78. The Morgan fingerprint density at radius 3 is 3.06 bits per heavy atom. The van der Waals surface area contributed by atoms with E-state index in [1.54, 1.807) is 6.07 Å². The van der Waals surface area contributed by atoms with Gasteiger partial charge >= 0.3 is 0 Å². The first-order valence-electron chi connectivity index (χ1n) is 5.54. The van der Waals surface area contributed by atoms with Crippen LogP contribution in [0.1, 0.15) is 12.0 Å². The van der Waals surface area contributed by atoms with E-state index in [1.165, 1.54) is 6.07 Å². The summed E-state index contributed by atoms with van der Waals surface area (Å²) in [7, 11) is 0. The highest BCUT2D eigenvalue weighted by molar-refractivity contribution is 5.52. The Morgan fingerprint density at radius 2 is 2.35 bits per heavy atom. The van der Waals surface area contributed by atoms with Crippen molar-refractivity contribution < 1.29 is 9.66 Å². The van der Waals surface area contributed by atoms with Gasteiger partial charge in [0.1, 0.15) is 12.4 Å². The average Bonchev–Trinajstić information content (AvgIpc) is 2.69. The Kier molecular flexibility index (Phi) is 2.07. The van der Waals surface area contributed by atoms with Gasteiger partial charge in [-0.05, 0) is 18.7 Å². The van der Waals surface area contributed by atoms with Crippen LogP contribution in [0, 0.1) is 10.1 Å². The van der Waals surface area contributed by atoms with Gasteiger partial charge in [0.15, 0.2) is 0 Å². The second kappa shape index (κ2) is 3.48. The van der Waals surface area contributed by atoms with Gasteiger partial charge in [-0.15, -0.1) is 0 Å². The quantitative estimate of drug-likeness (QED) is 0.591. The molecule has 1 unspecified atom stereocenters. The van der Waals surface area contributed by atoms with Crippen LogP contribution in [-0.2, 0) is 5.41 Å². The lowest BCUT2D eigenvalue weighted by Gasteiger charge is -2.27. The molecule has 0 saturated carbocycles. The van der Waals surface area contributed by atoms with Crippen molar-refractivity contribution in [2.45, 2.75) is 11.8 Å². The summed E-state index contributed by atoms with van der Waals surface area (Å²) in [6.45, 7) is 1.47. The molecule has 0 saturated heterocycles. The zero-order valence-electron chi connectivity index (χ0n) is 9.18. The summed E-state index contributed by atoms with van der Waals surface area (Å²) in [6.07, 6.45) is 4.98. The van der Waals surface area contributed by atoms with Crippen molar-refractivity contribution in [2.75, 3.05) is 13.2 Å². The van der Waals surface area contributed by atoms with Crippen LogP contribution in [0.15, 0.2) is 30.5 Å². The smallest absolute Gasteiger partial charge is 0.273 e. The van der Waals surface area contributed by atoms with E-state index in [4.69, 9.17) is 4.74 Å². The minimum Gasteiger partial charge on any atom is -0.492 e. The maximum Gasteiger partial charge on any atom is 0.273 e. The SMILES string of the molecule is O=[N+]([O-])c1ccc2c(c1)OCC21C=CNCC1. The molecular weight excluding hydrogens is 220 g/mol. The van der Waals surface area contributed by atoms with Gasteiger partial charge in [-0.1, -0.05) is 6.08 Å². The predicted molar refractivity (Wildman–Crippen MR) is 62.0 cm³/mol. The number of hydrogen-bond donors (Lipinski definition) is 1. The second-order valence-electron chi connectivity index (χ2n) is 4.42. The Hall–Kier alpha value is -2.04. The third kappa shape index (κ3) is 1.46. The first kappa shape index (κ1) is 10.1. The fourth-order valence-electron chi connectivity index (χ4n) is 2.46. The highest BCUT2D eigenvalue weighted by Gasteiger charge is 2.39. The molecule has 0 amide bonds. The highest BCUT2D eigenvalue weighted by Crippen LogP contribution is 2.44. The molecule has 2 aliphatic rings. The molecule has 2 aliphatic heterocycles. The lowest BCUT2D eigenvalue weighted by molar-refractivity contribution is -0.384. The summed E-state index contributed by atoms with van der Waals surface area (Å²) in [5, 5.41) is 13.8. The molecule has 1 N–H and O–H groups in total. The van der Waals surface area contributed by atoms with Crippen LogP contribution in [0.3, 0.4) is 0 Å². The predicted octanol–water partition coefficient (Wildman–Crippen LogP) is 1.73. The molecule has 5 heteroatoms. The monoisotopic (exact) mass is 232 g/mol. The van der Waals surface area contributed by atoms with Gasteiger partial charge in [0.25, 0.3) is 5.69 Å². The van der Waals surface area contributed by atoms with Crippen LogP contribution in [0.4, 0.5) is 5.69 Å². The molecule has 5 nitrogen and oxygen atoms in total. The van der Waals surface area contributed by atoms with Crippen LogP contribution >= 0.6 is 0 Å². The van der Waals surface area contributed by atoms with Crippen molar-refractivity contribution in [3.63, 3.8) is 0 Å². The fraction of sp³-hybridized carbons (Fsp3) is 0.333. The number of fused-ring (bicyclic) bond motifs is 2. The van der Waals surface area contributed by atoms with Crippen molar-refractivity contribution in [2.24, 2.45) is 0 Å². The van der Waals surface area contributed by atoms with Crippen molar-refractivity contribution in [3.05, 3.63) is 46.2 Å². The molecule has 1 atom stereocenters. The molecule has 1 spiro atoms. The lowest BCUT2D eigenvalue weighted by Crippen LogP contribution is -2.33. The number of rotatable bonds is 1. The number of benzene rings is 1. The average molecular weight is 232 g/mol. The van der Waals surface area contributed by atoms with E-state index >= 15 is 0 Å². The van der Waals surface area contributed by atoms with E-state index in [-0.39, 0.29) is 11.1 Å². The zero-order chi connectivity index (χ0) is 11.9. The summed E-state index contributed by atoms with van der Waals surface area (Å²) < 4.78 is 5.60. The molecule has 2 heterocycles. The molecule has 0 fully saturated rings. The first-order valence-corrected chi connectivity index (χ1v) is 5.54. The third-order valence-electron chi connectivity index (χ3n) is 3.43. The summed E-state index contributed by atoms with van der Waals surface area (Å²) in [5.74, 6) is 0.644. The van der Waals surface area contributed by atoms with Gasteiger partial charge in [-0.3, -0.25) is 10.1 Å². The largest absolute Gasteiger partial charge is 0.492 e. The molecule has 1 aromatic carbocycles. The van der Waals surface area contributed by atoms with Crippen molar-refractivity contribution in [1.29, 1.82) is 0 Å². The van der Waals surface area contributed by atoms with E-state index in [1.807, 2.05) is 12.3 Å². The van der Waals surface area contributed by atoms with Crippen molar-refractivity contribution in [1.82, 2.24) is 5.32 Å². The van der Waals surface area contributed by atoms with Crippen LogP contribution in [0.25, 0.3) is 0 Å². The molecule has 17 heavy (non-hydrogen) atoms. The van der Waals surface area contributed by atoms with E-state index in [0.29, 0.717) is 12.4 Å². The fourth-order valence-corrected chi connectivity index (χ4v) is 2.46. The van der Waals surface area contributed by atoms with E-state index < -0.39 is 4.92 Å². The van der Waals surface area contributed by atoms with E-state index in [0.717, 1.165) is 18.5 Å². The van der Waals surface area contributed by atoms with Crippen LogP contribution < -0.4 is 10.1 Å². The Balaban J connectivity index is 2.06. The molecule has 1 aromatic rings. The van der Waals surface area contributed by atoms with E-state index in [2.05, 4.69) is 11.4 Å². The summed E-state index contributed by atoms with van der Waals surface area (Å²) >= 11 is 0. The normalized spacial score (nSPS) is 25.2. The topological polar surface area (TPSA) is 64.4 Å². The zero-order valence-corrected chi connectivity index (χ0v) is 9.18. The summed E-state index contributed by atoms with van der Waals surface area (Å²) in [6, 6.07) is 4.88. The summed E-state index contributed by atoms with van der Waals surface area (Å²) in [5.41, 5.74) is 1.04. The summed E-state index contributed by atoms with van der Waals surface area (Å²) in [4.78, 5) is 10.3. The Morgan fingerprint density at radius 1 is 1.47 bits per heavy atom. The number of nitrogens with zero attached hydrogens (tertiary/aromatic N) is 1. The number of nitro groups is 1. The van der Waals surface area contributed by atoms with Crippen molar-refractivity contribution in [3.8, 4) is 5.75 Å². The number of ether oxygens (including phenoxy) is 1. The van der Waals surface area contributed by atoms with Gasteiger partial charge in [0.2, 0.25) is 0 Å². The Labute approximate surface area is 98.2 Å². The van der Waals surface area contributed by atoms with Gasteiger partial charge in [-0.2, -0.15) is 0 Å². The van der Waals surface area contributed by atoms with Gasteiger partial charge in [-0.25, -0.2) is 0 Å². The van der Waals surface area contributed by atoms with Crippen LogP contribution in [-0.4, -0.2) is 18.1 Å². The third-order valence-corrected chi connectivity index (χ3v) is 3.43. The van der Waals surface area contributed by atoms with Crippen molar-refractivity contribution >= 4 is 5.69 Å². The standard InChI is InChI=1S/C12H12N2O3/c15-14(16)9-1-2-10-11(7-9)17-8-12(10)3-5-13-6-4-12/h1-3,5,7,13H,4,6,8H2. The molecule has 0 bridgehead atoms. The highest BCUT2D eigenvalue weighted by atomic mass is 16.6. The molecular formula is C12H12N2O3. The Bertz CT molecular complexity index is 512. The number of non-ortho nitro benzene ring substituents is 1. The van der Waals surface area contributed by atoms with E-state index in [9.17, 15) is 10.1 Å². The maximum absolute atomic E-state index is 10.7. The second-order valence-corrected chi connectivity index (χ2v) is 4.42. The van der Waals surface area contributed by atoms with Gasteiger partial charge < -0.3 is 10.1 Å². The maximum atomic E-state index is 10.7. The molecule has 0 radical (unpaired) electrons. The molecule has 3 rings (SSSR count). The molecule has 88 valence electrons.